The second-order valence-electron chi connectivity index (χ2n) is 6.02. The van der Waals surface area contributed by atoms with E-state index in [1.807, 2.05) is 18.2 Å². The van der Waals surface area contributed by atoms with Gasteiger partial charge in [0.15, 0.2) is 21.3 Å². The van der Waals surface area contributed by atoms with Gasteiger partial charge < -0.3 is 14.8 Å². The summed E-state index contributed by atoms with van der Waals surface area (Å²) in [5.41, 5.74) is 0.151. The summed E-state index contributed by atoms with van der Waals surface area (Å²) in [6.07, 6.45) is 0.151. The SMILES string of the molecule is CCCS(=O)(=O)c1ccccc1C(=O)NCC1COc2ccccc2O1. The van der Waals surface area contributed by atoms with Gasteiger partial charge in [-0.25, -0.2) is 8.42 Å². The molecule has 3 rings (SSSR count). The Balaban J connectivity index is 1.68. The van der Waals surface area contributed by atoms with Crippen molar-refractivity contribution in [3.63, 3.8) is 0 Å². The first-order valence-corrected chi connectivity index (χ1v) is 10.1. The molecule has 26 heavy (non-hydrogen) atoms. The van der Waals surface area contributed by atoms with Crippen LogP contribution in [-0.2, 0) is 9.84 Å². The Labute approximate surface area is 153 Å². The Hall–Kier alpha value is -2.54. The zero-order valence-corrected chi connectivity index (χ0v) is 15.3. The van der Waals surface area contributed by atoms with Gasteiger partial charge in [-0.2, -0.15) is 0 Å². The van der Waals surface area contributed by atoms with Crippen molar-refractivity contribution >= 4 is 15.7 Å². The highest BCUT2D eigenvalue weighted by Crippen LogP contribution is 2.30. The smallest absolute Gasteiger partial charge is 0.252 e. The maximum Gasteiger partial charge on any atom is 0.252 e. The summed E-state index contributed by atoms with van der Waals surface area (Å²) in [6, 6.07) is 13.6. The monoisotopic (exact) mass is 375 g/mol. The summed E-state index contributed by atoms with van der Waals surface area (Å²) in [5, 5.41) is 2.75. The van der Waals surface area contributed by atoms with Gasteiger partial charge in [-0.1, -0.05) is 31.2 Å². The summed E-state index contributed by atoms with van der Waals surface area (Å²) < 4.78 is 36.2. The van der Waals surface area contributed by atoms with Crippen molar-refractivity contribution < 1.29 is 22.7 Å². The molecule has 0 aromatic heterocycles. The molecule has 0 spiro atoms. The van der Waals surface area contributed by atoms with Crippen LogP contribution in [0.5, 0.6) is 11.5 Å². The first-order valence-electron chi connectivity index (χ1n) is 8.49. The fourth-order valence-corrected chi connectivity index (χ4v) is 4.31. The summed E-state index contributed by atoms with van der Waals surface area (Å²) >= 11 is 0. The van der Waals surface area contributed by atoms with E-state index >= 15 is 0 Å². The number of hydrogen-bond donors (Lipinski definition) is 1. The van der Waals surface area contributed by atoms with Crippen LogP contribution >= 0.6 is 0 Å². The van der Waals surface area contributed by atoms with Crippen LogP contribution in [0.3, 0.4) is 0 Å². The van der Waals surface area contributed by atoms with Gasteiger partial charge in [-0.3, -0.25) is 4.79 Å². The molecule has 1 amide bonds. The predicted molar refractivity (Wildman–Crippen MR) is 97.5 cm³/mol. The van der Waals surface area contributed by atoms with Gasteiger partial charge in [0.25, 0.3) is 5.91 Å². The first-order chi connectivity index (χ1) is 12.5. The van der Waals surface area contributed by atoms with Gasteiger partial charge in [0, 0.05) is 0 Å². The third-order valence-electron chi connectivity index (χ3n) is 4.00. The molecule has 0 radical (unpaired) electrons. The van der Waals surface area contributed by atoms with Crippen LogP contribution in [0.25, 0.3) is 0 Å². The predicted octanol–water partition coefficient (Wildman–Crippen LogP) is 2.44. The lowest BCUT2D eigenvalue weighted by atomic mass is 10.2. The topological polar surface area (TPSA) is 81.7 Å². The number of rotatable bonds is 6. The van der Waals surface area contributed by atoms with Crippen molar-refractivity contribution in [2.24, 2.45) is 0 Å². The van der Waals surface area contributed by atoms with Crippen LogP contribution in [-0.4, -0.2) is 39.3 Å². The summed E-state index contributed by atoms with van der Waals surface area (Å²) in [4.78, 5) is 12.6. The second kappa shape index (κ2) is 7.78. The van der Waals surface area contributed by atoms with Crippen LogP contribution in [0.4, 0.5) is 0 Å². The van der Waals surface area contributed by atoms with Crippen molar-refractivity contribution in [1.29, 1.82) is 0 Å². The lowest BCUT2D eigenvalue weighted by Crippen LogP contribution is -2.41. The molecule has 6 nitrogen and oxygen atoms in total. The Morgan fingerprint density at radius 3 is 2.58 bits per heavy atom. The number of fused-ring (bicyclic) bond motifs is 1. The van der Waals surface area contributed by atoms with Gasteiger partial charge in [-0.15, -0.1) is 0 Å². The number of sulfone groups is 1. The molecular formula is C19H21NO5S. The summed E-state index contributed by atoms with van der Waals surface area (Å²) in [6.45, 7) is 2.32. The Morgan fingerprint density at radius 1 is 1.12 bits per heavy atom. The molecule has 1 heterocycles. The molecule has 0 saturated heterocycles. The van der Waals surface area contributed by atoms with Crippen molar-refractivity contribution in [2.75, 3.05) is 18.9 Å². The minimum atomic E-state index is -3.49. The Morgan fingerprint density at radius 2 is 1.81 bits per heavy atom. The van der Waals surface area contributed by atoms with Crippen molar-refractivity contribution in [2.45, 2.75) is 24.3 Å². The molecule has 1 atom stereocenters. The Kier molecular flexibility index (Phi) is 5.46. The minimum absolute atomic E-state index is 0.00759. The number of nitrogens with one attached hydrogen (secondary N) is 1. The van der Waals surface area contributed by atoms with E-state index in [-0.39, 0.29) is 28.9 Å². The molecule has 0 fully saturated rings. The van der Waals surface area contributed by atoms with E-state index < -0.39 is 15.7 Å². The van der Waals surface area contributed by atoms with Crippen LogP contribution in [0, 0.1) is 0 Å². The molecule has 0 bridgehead atoms. The minimum Gasteiger partial charge on any atom is -0.486 e. The maximum atomic E-state index is 12.5. The molecular weight excluding hydrogens is 354 g/mol. The number of amides is 1. The van der Waals surface area contributed by atoms with E-state index in [2.05, 4.69) is 5.32 Å². The number of para-hydroxylation sites is 2. The lowest BCUT2D eigenvalue weighted by molar-refractivity contribution is 0.0787. The van der Waals surface area contributed by atoms with E-state index in [4.69, 9.17) is 9.47 Å². The molecule has 2 aromatic rings. The second-order valence-corrected chi connectivity index (χ2v) is 8.10. The fraction of sp³-hybridized carbons (Fsp3) is 0.316. The largest absolute Gasteiger partial charge is 0.486 e. The average molecular weight is 375 g/mol. The van der Waals surface area contributed by atoms with Gasteiger partial charge in [0.05, 0.1) is 22.8 Å². The van der Waals surface area contributed by atoms with Gasteiger partial charge in [-0.05, 0) is 30.7 Å². The molecule has 1 aliphatic rings. The van der Waals surface area contributed by atoms with Gasteiger partial charge in [0.1, 0.15) is 12.7 Å². The third kappa shape index (κ3) is 3.99. The molecule has 1 unspecified atom stereocenters. The van der Waals surface area contributed by atoms with E-state index in [9.17, 15) is 13.2 Å². The van der Waals surface area contributed by atoms with E-state index in [1.54, 1.807) is 25.1 Å². The van der Waals surface area contributed by atoms with Gasteiger partial charge >= 0.3 is 0 Å². The van der Waals surface area contributed by atoms with Crippen LogP contribution in [0.15, 0.2) is 53.4 Å². The van der Waals surface area contributed by atoms with E-state index in [1.165, 1.54) is 12.1 Å². The fourth-order valence-electron chi connectivity index (χ4n) is 2.77. The number of hydrogen-bond acceptors (Lipinski definition) is 5. The highest BCUT2D eigenvalue weighted by atomic mass is 32.2. The third-order valence-corrected chi connectivity index (χ3v) is 5.97. The van der Waals surface area contributed by atoms with E-state index in [0.29, 0.717) is 24.5 Å². The molecule has 1 N–H and O–H groups in total. The molecule has 1 aliphatic heterocycles. The normalized spacial score (nSPS) is 16.1. The van der Waals surface area contributed by atoms with Gasteiger partial charge in [0.2, 0.25) is 0 Å². The quantitative estimate of drug-likeness (QED) is 0.839. The first kappa shape index (κ1) is 18.3. The lowest BCUT2D eigenvalue weighted by Gasteiger charge is -2.26. The van der Waals surface area contributed by atoms with Crippen molar-refractivity contribution in [3.8, 4) is 11.5 Å². The van der Waals surface area contributed by atoms with Crippen LogP contribution in [0.2, 0.25) is 0 Å². The summed E-state index contributed by atoms with van der Waals surface area (Å²) in [5.74, 6) is 0.867. The number of benzene rings is 2. The maximum absolute atomic E-state index is 12.5. The number of carbonyl (C=O) groups is 1. The van der Waals surface area contributed by atoms with E-state index in [0.717, 1.165) is 0 Å². The average Bonchev–Trinajstić information content (AvgIpc) is 2.66. The summed E-state index contributed by atoms with van der Waals surface area (Å²) in [7, 11) is -3.49. The van der Waals surface area contributed by atoms with Crippen molar-refractivity contribution in [3.05, 3.63) is 54.1 Å². The van der Waals surface area contributed by atoms with Crippen LogP contribution in [0.1, 0.15) is 23.7 Å². The standard InChI is InChI=1S/C19H21NO5S/c1-2-11-26(22,23)18-10-6-3-7-15(18)19(21)20-12-14-13-24-16-8-4-5-9-17(16)25-14/h3-10,14H,2,11-13H2,1H3,(H,20,21). The molecule has 2 aromatic carbocycles. The molecule has 7 heteroatoms. The highest BCUT2D eigenvalue weighted by Gasteiger charge is 2.24. The molecule has 138 valence electrons. The van der Waals surface area contributed by atoms with Crippen molar-refractivity contribution in [1.82, 2.24) is 5.32 Å². The van der Waals surface area contributed by atoms with Crippen LogP contribution < -0.4 is 14.8 Å². The number of ether oxygens (including phenoxy) is 2. The Bertz CT molecular complexity index is 894. The highest BCUT2D eigenvalue weighted by molar-refractivity contribution is 7.91. The number of carbonyl (C=O) groups excluding carboxylic acids is 1. The zero-order valence-electron chi connectivity index (χ0n) is 14.5. The zero-order chi connectivity index (χ0) is 18.6. The molecule has 0 saturated carbocycles. The molecule has 0 aliphatic carbocycles.